The van der Waals surface area contributed by atoms with Crippen LogP contribution in [0, 0.1) is 5.92 Å². The highest BCUT2D eigenvalue weighted by atomic mass is 32.1. The number of benzene rings is 1. The Hall–Kier alpha value is -1.68. The monoisotopic (exact) mass is 285 g/mol. The minimum absolute atomic E-state index is 0.421. The van der Waals surface area contributed by atoms with E-state index in [0.29, 0.717) is 4.99 Å². The standard InChI is InChI=1S/C16H19N3S/c17-16(20)13-10-15(18-9-3-4-11-7-8-11)19-14-6-2-1-5-12(13)14/h1-2,5-6,10-11H,3-4,7-9H2,(H2,17,20)(H,18,19). The van der Waals surface area contributed by atoms with Gasteiger partial charge in [0.05, 0.1) is 5.52 Å². The van der Waals surface area contributed by atoms with E-state index < -0.39 is 0 Å². The van der Waals surface area contributed by atoms with Crippen molar-refractivity contribution in [2.45, 2.75) is 25.7 Å². The van der Waals surface area contributed by atoms with Gasteiger partial charge in [0, 0.05) is 17.5 Å². The van der Waals surface area contributed by atoms with Crippen LogP contribution in [0.25, 0.3) is 10.9 Å². The van der Waals surface area contributed by atoms with Gasteiger partial charge in [-0.05, 0) is 30.9 Å². The molecule has 0 atom stereocenters. The molecule has 1 heterocycles. The SMILES string of the molecule is NC(=S)c1cc(NCCCC2CC2)nc2ccccc12. The lowest BCUT2D eigenvalue weighted by molar-refractivity contribution is 0.686. The first kappa shape index (κ1) is 13.3. The number of aromatic nitrogens is 1. The number of hydrogen-bond donors (Lipinski definition) is 2. The number of nitrogens with two attached hydrogens (primary N) is 1. The van der Waals surface area contributed by atoms with Gasteiger partial charge in [0.15, 0.2) is 0 Å². The molecule has 20 heavy (non-hydrogen) atoms. The van der Waals surface area contributed by atoms with Gasteiger partial charge in [-0.3, -0.25) is 0 Å². The van der Waals surface area contributed by atoms with Crippen LogP contribution in [0.4, 0.5) is 5.82 Å². The van der Waals surface area contributed by atoms with Crippen molar-refractivity contribution in [3.8, 4) is 0 Å². The van der Waals surface area contributed by atoms with Gasteiger partial charge >= 0.3 is 0 Å². The van der Waals surface area contributed by atoms with E-state index in [4.69, 9.17) is 18.0 Å². The summed E-state index contributed by atoms with van der Waals surface area (Å²) in [6, 6.07) is 9.92. The number of fused-ring (bicyclic) bond motifs is 1. The molecule has 1 aromatic carbocycles. The first-order valence-electron chi connectivity index (χ1n) is 7.17. The molecule has 1 aliphatic carbocycles. The van der Waals surface area contributed by atoms with Crippen molar-refractivity contribution in [2.75, 3.05) is 11.9 Å². The van der Waals surface area contributed by atoms with Crippen molar-refractivity contribution in [3.05, 3.63) is 35.9 Å². The fourth-order valence-electron chi connectivity index (χ4n) is 2.48. The number of para-hydroxylation sites is 1. The summed E-state index contributed by atoms with van der Waals surface area (Å²) in [5.41, 5.74) is 7.66. The maximum atomic E-state index is 5.83. The summed E-state index contributed by atoms with van der Waals surface area (Å²) in [5.74, 6) is 1.84. The lowest BCUT2D eigenvalue weighted by Gasteiger charge is -2.10. The Bertz CT molecular complexity index is 635. The van der Waals surface area contributed by atoms with Crippen LogP contribution < -0.4 is 11.1 Å². The molecule has 3 N–H and O–H groups in total. The predicted octanol–water partition coefficient (Wildman–Crippen LogP) is 3.47. The smallest absolute Gasteiger partial charge is 0.127 e. The van der Waals surface area contributed by atoms with E-state index in [9.17, 15) is 0 Å². The molecule has 0 spiro atoms. The van der Waals surface area contributed by atoms with E-state index in [1.807, 2.05) is 30.3 Å². The topological polar surface area (TPSA) is 50.9 Å². The molecular weight excluding hydrogens is 266 g/mol. The normalized spacial score (nSPS) is 14.4. The molecule has 2 aromatic rings. The average Bonchev–Trinajstić information content (AvgIpc) is 3.26. The summed E-state index contributed by atoms with van der Waals surface area (Å²) in [7, 11) is 0. The van der Waals surface area contributed by atoms with E-state index in [1.165, 1.54) is 25.7 Å². The lowest BCUT2D eigenvalue weighted by atomic mass is 10.1. The second kappa shape index (κ2) is 5.75. The Morgan fingerprint density at radius 2 is 2.15 bits per heavy atom. The summed E-state index contributed by atoms with van der Waals surface area (Å²) in [4.78, 5) is 5.05. The molecule has 3 nitrogen and oxygen atoms in total. The number of thiocarbonyl (C=S) groups is 1. The van der Waals surface area contributed by atoms with Gasteiger partial charge in [-0.25, -0.2) is 4.98 Å². The van der Waals surface area contributed by atoms with Crippen LogP contribution >= 0.6 is 12.2 Å². The predicted molar refractivity (Wildman–Crippen MR) is 88.1 cm³/mol. The molecule has 1 fully saturated rings. The van der Waals surface area contributed by atoms with Crippen molar-refractivity contribution >= 4 is 33.9 Å². The van der Waals surface area contributed by atoms with Crippen LogP contribution in [0.3, 0.4) is 0 Å². The first-order valence-corrected chi connectivity index (χ1v) is 7.58. The van der Waals surface area contributed by atoms with E-state index in [1.54, 1.807) is 0 Å². The summed E-state index contributed by atoms with van der Waals surface area (Å²) in [6.45, 7) is 0.957. The molecule has 0 amide bonds. The second-order valence-corrected chi connectivity index (χ2v) is 5.89. The third kappa shape index (κ3) is 3.07. The third-order valence-corrected chi connectivity index (χ3v) is 3.99. The minimum Gasteiger partial charge on any atom is -0.389 e. The lowest BCUT2D eigenvalue weighted by Crippen LogP contribution is -2.12. The molecule has 0 bridgehead atoms. The van der Waals surface area contributed by atoms with Crippen molar-refractivity contribution in [2.24, 2.45) is 11.7 Å². The molecule has 3 rings (SSSR count). The highest BCUT2D eigenvalue weighted by molar-refractivity contribution is 7.80. The van der Waals surface area contributed by atoms with Crippen LogP contribution in [0.15, 0.2) is 30.3 Å². The maximum Gasteiger partial charge on any atom is 0.127 e. The number of pyridine rings is 1. The molecule has 0 radical (unpaired) electrons. The average molecular weight is 285 g/mol. The molecule has 0 unspecified atom stereocenters. The van der Waals surface area contributed by atoms with Crippen LogP contribution in [0.5, 0.6) is 0 Å². The Morgan fingerprint density at radius 3 is 2.90 bits per heavy atom. The number of hydrogen-bond acceptors (Lipinski definition) is 3. The highest BCUT2D eigenvalue weighted by Gasteiger charge is 2.19. The Kier molecular flexibility index (Phi) is 3.83. The number of anilines is 1. The molecule has 0 aliphatic heterocycles. The van der Waals surface area contributed by atoms with Gasteiger partial charge in [-0.1, -0.05) is 43.3 Å². The van der Waals surface area contributed by atoms with Gasteiger partial charge in [0.2, 0.25) is 0 Å². The van der Waals surface area contributed by atoms with Gasteiger partial charge in [-0.2, -0.15) is 0 Å². The number of nitrogens with one attached hydrogen (secondary N) is 1. The zero-order valence-corrected chi connectivity index (χ0v) is 12.2. The summed E-state index contributed by atoms with van der Waals surface area (Å²) < 4.78 is 0. The Morgan fingerprint density at radius 1 is 1.35 bits per heavy atom. The molecule has 1 saturated carbocycles. The van der Waals surface area contributed by atoms with E-state index in [0.717, 1.165) is 34.7 Å². The minimum atomic E-state index is 0.421. The van der Waals surface area contributed by atoms with Crippen LogP contribution in [-0.2, 0) is 0 Å². The fourth-order valence-corrected chi connectivity index (χ4v) is 2.65. The number of nitrogens with zero attached hydrogens (tertiary/aromatic N) is 1. The first-order chi connectivity index (χ1) is 9.74. The summed E-state index contributed by atoms with van der Waals surface area (Å²) in [6.07, 6.45) is 5.35. The molecule has 104 valence electrons. The van der Waals surface area contributed by atoms with E-state index in [-0.39, 0.29) is 0 Å². The van der Waals surface area contributed by atoms with Crippen molar-refractivity contribution in [3.63, 3.8) is 0 Å². The maximum absolute atomic E-state index is 5.83. The zero-order valence-electron chi connectivity index (χ0n) is 11.4. The van der Waals surface area contributed by atoms with Gasteiger partial charge < -0.3 is 11.1 Å². The second-order valence-electron chi connectivity index (χ2n) is 5.45. The highest BCUT2D eigenvalue weighted by Crippen LogP contribution is 2.33. The van der Waals surface area contributed by atoms with Gasteiger partial charge in [0.25, 0.3) is 0 Å². The molecule has 1 aromatic heterocycles. The fraction of sp³-hybridized carbons (Fsp3) is 0.375. The molecular formula is C16H19N3S. The number of rotatable bonds is 6. The molecule has 1 aliphatic rings. The van der Waals surface area contributed by atoms with Gasteiger partial charge in [0.1, 0.15) is 10.8 Å². The third-order valence-electron chi connectivity index (χ3n) is 3.77. The van der Waals surface area contributed by atoms with Crippen LogP contribution in [0.1, 0.15) is 31.2 Å². The summed E-state index contributed by atoms with van der Waals surface area (Å²) in [5, 5.41) is 4.41. The largest absolute Gasteiger partial charge is 0.389 e. The van der Waals surface area contributed by atoms with Crippen molar-refractivity contribution < 1.29 is 0 Å². The Balaban J connectivity index is 1.77. The van der Waals surface area contributed by atoms with Gasteiger partial charge in [-0.15, -0.1) is 0 Å². The summed E-state index contributed by atoms with van der Waals surface area (Å²) >= 11 is 5.15. The van der Waals surface area contributed by atoms with E-state index in [2.05, 4.69) is 10.3 Å². The molecule has 0 saturated heterocycles. The molecule has 4 heteroatoms. The van der Waals surface area contributed by atoms with Crippen molar-refractivity contribution in [1.82, 2.24) is 4.98 Å². The van der Waals surface area contributed by atoms with E-state index >= 15 is 0 Å². The van der Waals surface area contributed by atoms with Crippen LogP contribution in [0.2, 0.25) is 0 Å². The van der Waals surface area contributed by atoms with Crippen LogP contribution in [-0.4, -0.2) is 16.5 Å². The zero-order chi connectivity index (χ0) is 13.9. The quantitative estimate of drug-likeness (QED) is 0.630. The van der Waals surface area contributed by atoms with Crippen molar-refractivity contribution in [1.29, 1.82) is 0 Å². The Labute approximate surface area is 124 Å².